The van der Waals surface area contributed by atoms with E-state index in [0.717, 1.165) is 66.3 Å². The largest absolute Gasteiger partial charge is 0.437 e. The smallest absolute Gasteiger partial charge is 0.223 e. The first-order chi connectivity index (χ1) is 14.6. The van der Waals surface area contributed by atoms with Crippen LogP contribution < -0.4 is 4.74 Å². The molecule has 0 atom stereocenters. The molecule has 1 aliphatic heterocycles. The Hall–Kier alpha value is -1.74. The van der Waals surface area contributed by atoms with Crippen LogP contribution in [-0.4, -0.2) is 63.0 Å². The fourth-order valence-electron chi connectivity index (χ4n) is 3.77. The highest BCUT2D eigenvalue weighted by atomic mass is 79.9. The maximum Gasteiger partial charge on any atom is 0.223 e. The zero-order valence-corrected chi connectivity index (χ0v) is 19.2. The van der Waals surface area contributed by atoms with Gasteiger partial charge in [-0.05, 0) is 59.9 Å². The zero-order valence-electron chi connectivity index (χ0n) is 16.9. The molecular formula is C21H24BrClN6O. The van der Waals surface area contributed by atoms with Crippen molar-refractivity contribution in [2.75, 3.05) is 33.2 Å². The lowest BCUT2D eigenvalue weighted by atomic mass is 10.2. The molecule has 0 radical (unpaired) electrons. The quantitative estimate of drug-likeness (QED) is 0.515. The summed E-state index contributed by atoms with van der Waals surface area (Å²) >= 11 is 9.91. The minimum absolute atomic E-state index is 0.573. The van der Waals surface area contributed by atoms with Gasteiger partial charge in [0.15, 0.2) is 0 Å². The lowest BCUT2D eigenvalue weighted by Crippen LogP contribution is -2.43. The number of nitrogens with zero attached hydrogens (tertiary/aromatic N) is 6. The third-order valence-electron chi connectivity index (χ3n) is 5.81. The van der Waals surface area contributed by atoms with Gasteiger partial charge in [0.05, 0.1) is 15.0 Å². The predicted octanol–water partition coefficient (Wildman–Crippen LogP) is 4.19. The fraction of sp³-hybridized carbons (Fsp3) is 0.476. The monoisotopic (exact) mass is 490 g/mol. The molecule has 0 unspecified atom stereocenters. The average Bonchev–Trinajstić information content (AvgIpc) is 3.46. The first-order valence-electron chi connectivity index (χ1n) is 10.3. The third-order valence-corrected chi connectivity index (χ3v) is 6.78. The number of likely N-dealkylation sites (N-methyl/N-ethyl adjacent to an activating group) is 1. The van der Waals surface area contributed by atoms with E-state index in [1.165, 1.54) is 12.8 Å². The van der Waals surface area contributed by atoms with Crippen molar-refractivity contribution >= 4 is 38.6 Å². The maximum atomic E-state index is 6.24. The van der Waals surface area contributed by atoms with Crippen molar-refractivity contribution in [1.29, 1.82) is 0 Å². The Kier molecular flexibility index (Phi) is 5.66. The minimum Gasteiger partial charge on any atom is -0.437 e. The van der Waals surface area contributed by atoms with Crippen LogP contribution in [0, 0.1) is 5.92 Å². The Morgan fingerprint density at radius 1 is 1.20 bits per heavy atom. The molecule has 2 aromatic heterocycles. The molecule has 30 heavy (non-hydrogen) atoms. The summed E-state index contributed by atoms with van der Waals surface area (Å²) in [7, 11) is 2.15. The van der Waals surface area contributed by atoms with E-state index in [2.05, 4.69) is 48.1 Å². The summed E-state index contributed by atoms with van der Waals surface area (Å²) in [6.07, 6.45) is 4.19. The van der Waals surface area contributed by atoms with Crippen LogP contribution in [0.25, 0.3) is 11.0 Å². The number of halogens is 2. The average molecular weight is 492 g/mol. The number of aromatic nitrogens is 4. The first-order valence-corrected chi connectivity index (χ1v) is 11.5. The summed E-state index contributed by atoms with van der Waals surface area (Å²) in [4.78, 5) is 9.22. The SMILES string of the molecule is CN1CCN(Cc2cc(Cl)cnc2Oc2ccc3c(nnn3CC3CC3)c2Br)CC1. The van der Waals surface area contributed by atoms with Crippen LogP contribution in [0.5, 0.6) is 11.6 Å². The van der Waals surface area contributed by atoms with E-state index in [0.29, 0.717) is 16.7 Å². The van der Waals surface area contributed by atoms with Crippen LogP contribution in [0.2, 0.25) is 5.02 Å². The molecule has 0 N–H and O–H groups in total. The number of pyridine rings is 1. The lowest BCUT2D eigenvalue weighted by Gasteiger charge is -2.32. The molecule has 2 fully saturated rings. The molecule has 7 nitrogen and oxygen atoms in total. The second kappa shape index (κ2) is 8.42. The minimum atomic E-state index is 0.573. The van der Waals surface area contributed by atoms with E-state index in [4.69, 9.17) is 16.3 Å². The fourth-order valence-corrected chi connectivity index (χ4v) is 4.45. The molecule has 0 bridgehead atoms. The van der Waals surface area contributed by atoms with Gasteiger partial charge in [-0.1, -0.05) is 16.8 Å². The third kappa shape index (κ3) is 4.32. The summed E-state index contributed by atoms with van der Waals surface area (Å²) in [6.45, 7) is 5.83. The number of fused-ring (bicyclic) bond motifs is 1. The zero-order chi connectivity index (χ0) is 20.7. The van der Waals surface area contributed by atoms with E-state index in [9.17, 15) is 0 Å². The van der Waals surface area contributed by atoms with E-state index >= 15 is 0 Å². The number of ether oxygens (including phenoxy) is 1. The molecule has 2 aliphatic rings. The number of rotatable bonds is 6. The van der Waals surface area contributed by atoms with Crippen molar-refractivity contribution in [2.45, 2.75) is 25.9 Å². The van der Waals surface area contributed by atoms with Gasteiger partial charge in [0, 0.05) is 51.0 Å². The standard InChI is InChI=1S/C21H24BrClN6O/c1-27-6-8-28(9-7-27)13-15-10-16(23)11-24-21(15)30-18-5-4-17-20(19(18)22)25-26-29(17)12-14-2-3-14/h4-5,10-11,14H,2-3,6-9,12-13H2,1H3. The molecule has 0 spiro atoms. The molecule has 0 amide bonds. The van der Waals surface area contributed by atoms with Crippen LogP contribution in [0.3, 0.4) is 0 Å². The Bertz CT molecular complexity index is 1060. The van der Waals surface area contributed by atoms with Gasteiger partial charge in [-0.25, -0.2) is 9.67 Å². The number of hydrogen-bond donors (Lipinski definition) is 0. The van der Waals surface area contributed by atoms with Crippen molar-refractivity contribution in [2.24, 2.45) is 5.92 Å². The topological polar surface area (TPSA) is 59.3 Å². The molecule has 9 heteroatoms. The van der Waals surface area contributed by atoms with Crippen LogP contribution >= 0.6 is 27.5 Å². The second-order valence-electron chi connectivity index (χ2n) is 8.26. The van der Waals surface area contributed by atoms with Gasteiger partial charge in [0.25, 0.3) is 0 Å². The second-order valence-corrected chi connectivity index (χ2v) is 9.49. The normalized spacial score (nSPS) is 18.2. The Morgan fingerprint density at radius 2 is 2.00 bits per heavy atom. The van der Waals surface area contributed by atoms with Gasteiger partial charge in [-0.15, -0.1) is 5.10 Å². The Morgan fingerprint density at radius 3 is 2.77 bits per heavy atom. The van der Waals surface area contributed by atoms with E-state index < -0.39 is 0 Å². The summed E-state index contributed by atoms with van der Waals surface area (Å²) in [6, 6.07) is 5.92. The van der Waals surface area contributed by atoms with Crippen molar-refractivity contribution < 1.29 is 4.74 Å². The maximum absolute atomic E-state index is 6.24. The first kappa shape index (κ1) is 20.2. The van der Waals surface area contributed by atoms with E-state index in [1.54, 1.807) is 6.20 Å². The summed E-state index contributed by atoms with van der Waals surface area (Å²) in [5.41, 5.74) is 2.81. The van der Waals surface area contributed by atoms with Gasteiger partial charge in [0.2, 0.25) is 5.88 Å². The lowest BCUT2D eigenvalue weighted by molar-refractivity contribution is 0.147. The Balaban J connectivity index is 1.39. The van der Waals surface area contributed by atoms with Crippen molar-refractivity contribution in [3.63, 3.8) is 0 Å². The van der Waals surface area contributed by atoms with Gasteiger partial charge in [-0.3, -0.25) is 4.90 Å². The molecular weight excluding hydrogens is 468 g/mol. The molecule has 1 aromatic carbocycles. The van der Waals surface area contributed by atoms with Crippen LogP contribution in [0.4, 0.5) is 0 Å². The van der Waals surface area contributed by atoms with E-state index in [1.807, 2.05) is 22.9 Å². The molecule has 1 saturated heterocycles. The molecule has 5 rings (SSSR count). The van der Waals surface area contributed by atoms with Gasteiger partial charge < -0.3 is 9.64 Å². The van der Waals surface area contributed by atoms with Crippen LogP contribution in [0.15, 0.2) is 28.9 Å². The molecule has 1 aliphatic carbocycles. The van der Waals surface area contributed by atoms with Crippen molar-refractivity contribution in [3.8, 4) is 11.6 Å². The molecule has 3 heterocycles. The highest BCUT2D eigenvalue weighted by Gasteiger charge is 2.24. The highest BCUT2D eigenvalue weighted by molar-refractivity contribution is 9.10. The Labute approximate surface area is 189 Å². The summed E-state index contributed by atoms with van der Waals surface area (Å²) in [5, 5.41) is 9.32. The van der Waals surface area contributed by atoms with Crippen molar-refractivity contribution in [1.82, 2.24) is 29.8 Å². The van der Waals surface area contributed by atoms with Gasteiger partial charge in [0.1, 0.15) is 11.3 Å². The molecule has 158 valence electrons. The van der Waals surface area contributed by atoms with Crippen LogP contribution in [0.1, 0.15) is 18.4 Å². The predicted molar refractivity (Wildman–Crippen MR) is 120 cm³/mol. The van der Waals surface area contributed by atoms with Gasteiger partial charge in [-0.2, -0.15) is 0 Å². The summed E-state index contributed by atoms with van der Waals surface area (Å²) < 4.78 is 9.02. The molecule has 3 aromatic rings. The number of hydrogen-bond acceptors (Lipinski definition) is 6. The number of piperazine rings is 1. The van der Waals surface area contributed by atoms with Crippen molar-refractivity contribution in [3.05, 3.63) is 39.5 Å². The number of benzene rings is 1. The molecule has 1 saturated carbocycles. The van der Waals surface area contributed by atoms with Gasteiger partial charge >= 0.3 is 0 Å². The van der Waals surface area contributed by atoms with E-state index in [-0.39, 0.29) is 0 Å². The summed E-state index contributed by atoms with van der Waals surface area (Å²) in [5.74, 6) is 1.99. The highest BCUT2D eigenvalue weighted by Crippen LogP contribution is 2.37. The van der Waals surface area contributed by atoms with Crippen LogP contribution in [-0.2, 0) is 13.1 Å².